The zero-order valence-corrected chi connectivity index (χ0v) is 11.4. The highest BCUT2D eigenvalue weighted by atomic mass is 35.5. The van der Waals surface area contributed by atoms with Crippen LogP contribution in [-0.2, 0) is 0 Å². The molecule has 0 saturated heterocycles. The molecule has 2 aliphatic rings. The van der Waals surface area contributed by atoms with Crippen LogP contribution in [0.15, 0.2) is 48.5 Å². The molecule has 3 heteroatoms. The second kappa shape index (κ2) is 4.22. The summed E-state index contributed by atoms with van der Waals surface area (Å²) < 4.78 is 0. The Balaban J connectivity index is 1.92. The highest BCUT2D eigenvalue weighted by molar-refractivity contribution is 6.30. The van der Waals surface area contributed by atoms with Crippen molar-refractivity contribution in [1.29, 1.82) is 0 Å². The highest BCUT2D eigenvalue weighted by Gasteiger charge is 2.35. The lowest BCUT2D eigenvalue weighted by molar-refractivity contribution is 0.0919. The molecule has 1 aliphatic heterocycles. The molecule has 1 heterocycles. The summed E-state index contributed by atoms with van der Waals surface area (Å²) in [5.41, 5.74) is 4.06. The van der Waals surface area contributed by atoms with E-state index in [9.17, 15) is 4.79 Å². The molecule has 2 nitrogen and oxygen atoms in total. The van der Waals surface area contributed by atoms with Crippen LogP contribution in [0, 0.1) is 0 Å². The molecular weight excluding hydrogens is 270 g/mol. The Morgan fingerprint density at radius 1 is 1.05 bits per heavy atom. The number of fused-ring (bicyclic) bond motifs is 5. The van der Waals surface area contributed by atoms with Gasteiger partial charge in [-0.05, 0) is 34.9 Å². The number of halogens is 1. The minimum atomic E-state index is -0.0250. The smallest absolute Gasteiger partial charge is 0.252 e. The standard InChI is InChI=1S/C17H12ClNO/c18-11-6-8-14-15(9-11)13-7-5-10-3-1-2-4-12(10)16(13)19-17(14)20/h1-9,13,16H,(H,19,20)/t13-,16-/m1/s1. The molecule has 0 fully saturated rings. The van der Waals surface area contributed by atoms with Gasteiger partial charge in [0.25, 0.3) is 5.91 Å². The van der Waals surface area contributed by atoms with E-state index in [0.29, 0.717) is 5.02 Å². The molecule has 1 amide bonds. The number of nitrogens with one attached hydrogen (secondary N) is 1. The Kier molecular flexibility index (Phi) is 2.48. The molecule has 2 aromatic rings. The van der Waals surface area contributed by atoms with Crippen molar-refractivity contribution < 1.29 is 4.79 Å². The predicted molar refractivity (Wildman–Crippen MR) is 79.9 cm³/mol. The van der Waals surface area contributed by atoms with Gasteiger partial charge in [-0.1, -0.05) is 48.0 Å². The van der Waals surface area contributed by atoms with Crippen LogP contribution in [0.3, 0.4) is 0 Å². The molecule has 0 spiro atoms. The number of carbonyl (C=O) groups excluding carboxylic acids is 1. The molecule has 0 radical (unpaired) electrons. The maximum absolute atomic E-state index is 12.3. The van der Waals surface area contributed by atoms with Crippen molar-refractivity contribution in [3.8, 4) is 0 Å². The lowest BCUT2D eigenvalue weighted by Gasteiger charge is -2.36. The van der Waals surface area contributed by atoms with Gasteiger partial charge in [-0.25, -0.2) is 0 Å². The fourth-order valence-corrected chi connectivity index (χ4v) is 3.32. The van der Waals surface area contributed by atoms with Gasteiger partial charge in [0, 0.05) is 16.5 Å². The Bertz CT molecular complexity index is 750. The van der Waals surface area contributed by atoms with Crippen molar-refractivity contribution in [3.63, 3.8) is 0 Å². The van der Waals surface area contributed by atoms with E-state index >= 15 is 0 Å². The van der Waals surface area contributed by atoms with E-state index in [1.54, 1.807) is 12.1 Å². The molecule has 1 aliphatic carbocycles. The quantitative estimate of drug-likeness (QED) is 0.779. The van der Waals surface area contributed by atoms with Gasteiger partial charge in [0.2, 0.25) is 0 Å². The van der Waals surface area contributed by atoms with E-state index < -0.39 is 0 Å². The van der Waals surface area contributed by atoms with Crippen LogP contribution in [0.4, 0.5) is 0 Å². The maximum atomic E-state index is 12.3. The largest absolute Gasteiger partial charge is 0.344 e. The lowest BCUT2D eigenvalue weighted by atomic mass is 9.77. The summed E-state index contributed by atoms with van der Waals surface area (Å²) in [4.78, 5) is 12.3. The van der Waals surface area contributed by atoms with Gasteiger partial charge in [-0.2, -0.15) is 0 Å². The first-order valence-corrected chi connectivity index (χ1v) is 6.99. The molecule has 2 atom stereocenters. The van der Waals surface area contributed by atoms with Crippen LogP contribution in [0.2, 0.25) is 5.02 Å². The number of carbonyl (C=O) groups is 1. The third-order valence-corrected chi connectivity index (χ3v) is 4.31. The molecule has 0 aromatic heterocycles. The van der Waals surface area contributed by atoms with Gasteiger partial charge < -0.3 is 5.32 Å². The Morgan fingerprint density at radius 2 is 1.90 bits per heavy atom. The van der Waals surface area contributed by atoms with E-state index in [2.05, 4.69) is 29.6 Å². The highest BCUT2D eigenvalue weighted by Crippen LogP contribution is 2.43. The third kappa shape index (κ3) is 1.61. The summed E-state index contributed by atoms with van der Waals surface area (Å²) in [6, 6.07) is 13.6. The number of benzene rings is 2. The molecule has 0 saturated carbocycles. The van der Waals surface area contributed by atoms with E-state index in [1.807, 2.05) is 18.2 Å². The van der Waals surface area contributed by atoms with E-state index in [-0.39, 0.29) is 17.9 Å². The average Bonchev–Trinajstić information content (AvgIpc) is 2.47. The molecule has 4 rings (SSSR count). The van der Waals surface area contributed by atoms with E-state index in [0.717, 1.165) is 11.1 Å². The van der Waals surface area contributed by atoms with Crippen molar-refractivity contribution >= 4 is 23.6 Å². The summed E-state index contributed by atoms with van der Waals surface area (Å²) in [5.74, 6) is 0.124. The SMILES string of the molecule is O=C1N[C@@H]2c3ccccc3C=C[C@@H]2c2cc(Cl)ccc21. The van der Waals surface area contributed by atoms with Crippen LogP contribution in [0.25, 0.3) is 6.08 Å². The van der Waals surface area contributed by atoms with Crippen LogP contribution in [0.1, 0.15) is 39.0 Å². The summed E-state index contributed by atoms with van der Waals surface area (Å²) in [7, 11) is 0. The molecule has 20 heavy (non-hydrogen) atoms. The van der Waals surface area contributed by atoms with Crippen molar-refractivity contribution in [3.05, 3.63) is 75.8 Å². The van der Waals surface area contributed by atoms with Crippen molar-refractivity contribution in [2.75, 3.05) is 0 Å². The second-order valence-electron chi connectivity index (χ2n) is 5.20. The first-order chi connectivity index (χ1) is 9.74. The molecular formula is C17H12ClNO. The van der Waals surface area contributed by atoms with Crippen LogP contribution >= 0.6 is 11.6 Å². The minimum Gasteiger partial charge on any atom is -0.344 e. The number of hydrogen-bond acceptors (Lipinski definition) is 1. The van der Waals surface area contributed by atoms with Crippen molar-refractivity contribution in [2.45, 2.75) is 12.0 Å². The van der Waals surface area contributed by atoms with Crippen LogP contribution in [0.5, 0.6) is 0 Å². The van der Waals surface area contributed by atoms with Gasteiger partial charge in [0.05, 0.1) is 6.04 Å². The molecule has 2 aromatic carbocycles. The minimum absolute atomic E-state index is 0.00494. The molecule has 98 valence electrons. The monoisotopic (exact) mass is 281 g/mol. The first-order valence-electron chi connectivity index (χ1n) is 6.61. The zero-order chi connectivity index (χ0) is 13.7. The van der Waals surface area contributed by atoms with Gasteiger partial charge in [-0.3, -0.25) is 4.79 Å². The molecule has 0 bridgehead atoms. The van der Waals surface area contributed by atoms with Gasteiger partial charge >= 0.3 is 0 Å². The normalized spacial score (nSPS) is 22.6. The van der Waals surface area contributed by atoms with E-state index in [1.165, 1.54) is 11.1 Å². The summed E-state index contributed by atoms with van der Waals surface area (Å²) in [6.45, 7) is 0. The molecule has 1 N–H and O–H groups in total. The van der Waals surface area contributed by atoms with Crippen LogP contribution in [-0.4, -0.2) is 5.91 Å². The van der Waals surface area contributed by atoms with Gasteiger partial charge in [0.1, 0.15) is 0 Å². The number of rotatable bonds is 0. The number of amides is 1. The fourth-order valence-electron chi connectivity index (χ4n) is 3.14. The summed E-state index contributed by atoms with van der Waals surface area (Å²) in [5, 5.41) is 3.79. The van der Waals surface area contributed by atoms with Crippen LogP contribution < -0.4 is 5.32 Å². The Morgan fingerprint density at radius 3 is 2.80 bits per heavy atom. The summed E-state index contributed by atoms with van der Waals surface area (Å²) in [6.07, 6.45) is 4.28. The van der Waals surface area contributed by atoms with Gasteiger partial charge in [0.15, 0.2) is 0 Å². The van der Waals surface area contributed by atoms with E-state index in [4.69, 9.17) is 11.6 Å². The topological polar surface area (TPSA) is 29.1 Å². The predicted octanol–water partition coefficient (Wildman–Crippen LogP) is 3.94. The third-order valence-electron chi connectivity index (χ3n) is 4.08. The maximum Gasteiger partial charge on any atom is 0.252 e. The lowest BCUT2D eigenvalue weighted by Crippen LogP contribution is -2.39. The second-order valence-corrected chi connectivity index (χ2v) is 5.63. The van der Waals surface area contributed by atoms with Crippen molar-refractivity contribution in [2.24, 2.45) is 0 Å². The fraction of sp³-hybridized carbons (Fsp3) is 0.118. The Labute approximate surface area is 122 Å². The number of hydrogen-bond donors (Lipinski definition) is 1. The summed E-state index contributed by atoms with van der Waals surface area (Å²) >= 11 is 6.10. The first kappa shape index (κ1) is 11.7. The van der Waals surface area contributed by atoms with Crippen molar-refractivity contribution in [1.82, 2.24) is 5.32 Å². The average molecular weight is 282 g/mol. The zero-order valence-electron chi connectivity index (χ0n) is 10.6. The molecule has 0 unspecified atom stereocenters. The van der Waals surface area contributed by atoms with Gasteiger partial charge in [-0.15, -0.1) is 0 Å². The Hall–Kier alpha value is -2.06.